The minimum atomic E-state index is -0.175. The van der Waals surface area contributed by atoms with E-state index in [4.69, 9.17) is 4.42 Å². The molecule has 2 N–H and O–H groups in total. The highest BCUT2D eigenvalue weighted by Crippen LogP contribution is 2.15. The highest BCUT2D eigenvalue weighted by molar-refractivity contribution is 5.72. The summed E-state index contributed by atoms with van der Waals surface area (Å²) in [6.45, 7) is 2.40. The predicted octanol–water partition coefficient (Wildman–Crippen LogP) is 2.12. The van der Waals surface area contributed by atoms with E-state index in [0.29, 0.717) is 24.2 Å². The second kappa shape index (κ2) is 5.80. The first-order chi connectivity index (χ1) is 11.7. The molecule has 0 bridgehead atoms. The lowest BCUT2D eigenvalue weighted by molar-refractivity contribution is 0.539. The van der Waals surface area contributed by atoms with Crippen molar-refractivity contribution in [1.29, 1.82) is 0 Å². The van der Waals surface area contributed by atoms with Crippen molar-refractivity contribution in [1.82, 2.24) is 24.6 Å². The van der Waals surface area contributed by atoms with Crippen LogP contribution in [-0.2, 0) is 13.0 Å². The lowest BCUT2D eigenvalue weighted by Crippen LogP contribution is -2.15. The maximum atomic E-state index is 12.1. The van der Waals surface area contributed by atoms with E-state index < -0.39 is 0 Å². The number of anilines is 1. The molecule has 0 radical (unpaired) electrons. The average molecular weight is 324 g/mol. The topological polar surface area (TPSA) is 101 Å². The number of aromatic amines is 1. The van der Waals surface area contributed by atoms with Crippen molar-refractivity contribution in [3.63, 3.8) is 0 Å². The van der Waals surface area contributed by atoms with Crippen molar-refractivity contribution in [2.45, 2.75) is 26.3 Å². The van der Waals surface area contributed by atoms with Crippen LogP contribution in [0.2, 0.25) is 0 Å². The monoisotopic (exact) mass is 324 g/mol. The number of hydrogen-bond donors (Lipinski definition) is 2. The number of aryl methyl sites for hydroxylation is 1. The largest absolute Gasteiger partial charge is 0.439 e. The summed E-state index contributed by atoms with van der Waals surface area (Å²) in [5.74, 6) is 1.34. The SMILES string of the molecule is CCCc1cc(=O)n2[nH]c(NCc3nc4ccccc4o3)nc2n1. The number of para-hydroxylation sites is 2. The summed E-state index contributed by atoms with van der Waals surface area (Å²) in [6, 6.07) is 9.09. The zero-order valence-electron chi connectivity index (χ0n) is 13.1. The Bertz CT molecular complexity index is 1030. The van der Waals surface area contributed by atoms with E-state index >= 15 is 0 Å². The number of fused-ring (bicyclic) bond motifs is 2. The van der Waals surface area contributed by atoms with Crippen molar-refractivity contribution < 1.29 is 4.42 Å². The Labute approximate surface area is 136 Å². The number of aromatic nitrogens is 5. The predicted molar refractivity (Wildman–Crippen MR) is 88.9 cm³/mol. The summed E-state index contributed by atoms with van der Waals surface area (Å²) in [7, 11) is 0. The van der Waals surface area contributed by atoms with Crippen molar-refractivity contribution in [2.75, 3.05) is 5.32 Å². The van der Waals surface area contributed by atoms with Gasteiger partial charge in [0.2, 0.25) is 11.8 Å². The molecule has 8 nitrogen and oxygen atoms in total. The molecule has 0 spiro atoms. The van der Waals surface area contributed by atoms with Gasteiger partial charge in [-0.25, -0.2) is 9.97 Å². The van der Waals surface area contributed by atoms with Gasteiger partial charge in [0, 0.05) is 6.07 Å². The zero-order chi connectivity index (χ0) is 16.5. The van der Waals surface area contributed by atoms with Crippen LogP contribution in [0, 0.1) is 0 Å². The van der Waals surface area contributed by atoms with Gasteiger partial charge in [0.05, 0.1) is 12.2 Å². The Kier molecular flexibility index (Phi) is 3.49. The van der Waals surface area contributed by atoms with Crippen LogP contribution in [0.4, 0.5) is 5.95 Å². The van der Waals surface area contributed by atoms with Gasteiger partial charge in [-0.05, 0) is 18.6 Å². The second-order valence-corrected chi connectivity index (χ2v) is 5.47. The first-order valence-electron chi connectivity index (χ1n) is 7.80. The molecule has 4 aromatic rings. The van der Waals surface area contributed by atoms with E-state index in [2.05, 4.69) is 25.4 Å². The lowest BCUT2D eigenvalue weighted by Gasteiger charge is -1.97. The third-order valence-corrected chi connectivity index (χ3v) is 3.63. The van der Waals surface area contributed by atoms with Gasteiger partial charge in [0.15, 0.2) is 5.58 Å². The molecular weight excluding hydrogens is 308 g/mol. The third-order valence-electron chi connectivity index (χ3n) is 3.63. The van der Waals surface area contributed by atoms with Crippen molar-refractivity contribution in [2.24, 2.45) is 0 Å². The quantitative estimate of drug-likeness (QED) is 0.583. The van der Waals surface area contributed by atoms with Gasteiger partial charge in [-0.3, -0.25) is 9.89 Å². The molecule has 0 unspecified atom stereocenters. The molecule has 3 aromatic heterocycles. The molecule has 0 atom stereocenters. The van der Waals surface area contributed by atoms with Gasteiger partial charge in [-0.2, -0.15) is 9.50 Å². The highest BCUT2D eigenvalue weighted by Gasteiger charge is 2.09. The second-order valence-electron chi connectivity index (χ2n) is 5.47. The summed E-state index contributed by atoms with van der Waals surface area (Å²) in [5, 5.41) is 5.95. The Morgan fingerprint density at radius 1 is 1.25 bits per heavy atom. The normalized spacial score (nSPS) is 11.4. The molecule has 4 rings (SSSR count). The molecular formula is C16H16N6O2. The molecule has 0 saturated heterocycles. The molecule has 24 heavy (non-hydrogen) atoms. The number of nitrogens with zero attached hydrogens (tertiary/aromatic N) is 4. The Morgan fingerprint density at radius 2 is 2.12 bits per heavy atom. The molecule has 122 valence electrons. The number of oxazole rings is 1. The smallest absolute Gasteiger partial charge is 0.274 e. The number of benzene rings is 1. The van der Waals surface area contributed by atoms with Gasteiger partial charge in [0.1, 0.15) is 5.52 Å². The molecule has 0 fully saturated rings. The van der Waals surface area contributed by atoms with E-state index in [1.165, 1.54) is 10.6 Å². The summed E-state index contributed by atoms with van der Waals surface area (Å²) in [5.41, 5.74) is 2.12. The van der Waals surface area contributed by atoms with Crippen LogP contribution in [0.5, 0.6) is 0 Å². The molecule has 0 aliphatic carbocycles. The molecule has 3 heterocycles. The molecule has 1 aromatic carbocycles. The minimum absolute atomic E-state index is 0.175. The van der Waals surface area contributed by atoms with Gasteiger partial charge < -0.3 is 9.73 Å². The molecule has 0 aliphatic rings. The fourth-order valence-electron chi connectivity index (χ4n) is 2.55. The van der Waals surface area contributed by atoms with Gasteiger partial charge >= 0.3 is 0 Å². The summed E-state index contributed by atoms with van der Waals surface area (Å²) < 4.78 is 6.95. The maximum Gasteiger partial charge on any atom is 0.274 e. The minimum Gasteiger partial charge on any atom is -0.439 e. The van der Waals surface area contributed by atoms with Gasteiger partial charge in [0.25, 0.3) is 11.3 Å². The van der Waals surface area contributed by atoms with Crippen LogP contribution in [0.25, 0.3) is 16.9 Å². The summed E-state index contributed by atoms with van der Waals surface area (Å²) in [6.07, 6.45) is 1.68. The molecule has 8 heteroatoms. The number of rotatable bonds is 5. The summed E-state index contributed by atoms with van der Waals surface area (Å²) >= 11 is 0. The van der Waals surface area contributed by atoms with E-state index in [1.54, 1.807) is 0 Å². The molecule has 0 amide bonds. The van der Waals surface area contributed by atoms with E-state index in [9.17, 15) is 4.79 Å². The molecule has 0 saturated carbocycles. The number of hydrogen-bond acceptors (Lipinski definition) is 6. The van der Waals surface area contributed by atoms with Crippen LogP contribution in [0.1, 0.15) is 24.9 Å². The first-order valence-corrected chi connectivity index (χ1v) is 7.80. The van der Waals surface area contributed by atoms with E-state index in [0.717, 1.165) is 29.6 Å². The fraction of sp³-hybridized carbons (Fsp3) is 0.250. The highest BCUT2D eigenvalue weighted by atomic mass is 16.3. The van der Waals surface area contributed by atoms with Crippen LogP contribution in [-0.4, -0.2) is 24.6 Å². The Morgan fingerprint density at radius 3 is 2.96 bits per heavy atom. The maximum absolute atomic E-state index is 12.1. The molecule has 0 aliphatic heterocycles. The van der Waals surface area contributed by atoms with Gasteiger partial charge in [-0.1, -0.05) is 25.5 Å². The van der Waals surface area contributed by atoms with Crippen LogP contribution < -0.4 is 10.9 Å². The fourth-order valence-corrected chi connectivity index (χ4v) is 2.55. The number of H-pyrrole nitrogens is 1. The first kappa shape index (κ1) is 14.4. The van der Waals surface area contributed by atoms with Gasteiger partial charge in [-0.15, -0.1) is 0 Å². The van der Waals surface area contributed by atoms with E-state index in [-0.39, 0.29) is 5.56 Å². The summed E-state index contributed by atoms with van der Waals surface area (Å²) in [4.78, 5) is 25.1. The standard InChI is InChI=1S/C16H16N6O2/c1-2-5-10-8-14(23)22-16(18-10)20-15(21-22)17-9-13-19-11-6-3-4-7-12(11)24-13/h3-4,6-8H,2,5,9H2,1H3,(H2,17,18,20,21). The number of nitrogens with one attached hydrogen (secondary N) is 2. The van der Waals surface area contributed by atoms with Crippen molar-refractivity contribution in [3.8, 4) is 0 Å². The van der Waals surface area contributed by atoms with Crippen LogP contribution in [0.3, 0.4) is 0 Å². The Balaban J connectivity index is 1.58. The average Bonchev–Trinajstić information content (AvgIpc) is 3.16. The van der Waals surface area contributed by atoms with Crippen molar-refractivity contribution in [3.05, 3.63) is 52.3 Å². The third kappa shape index (κ3) is 2.62. The lowest BCUT2D eigenvalue weighted by atomic mass is 10.2. The van der Waals surface area contributed by atoms with E-state index in [1.807, 2.05) is 31.2 Å². The van der Waals surface area contributed by atoms with Crippen LogP contribution >= 0.6 is 0 Å². The van der Waals surface area contributed by atoms with Crippen molar-refractivity contribution >= 4 is 22.8 Å². The zero-order valence-corrected chi connectivity index (χ0v) is 13.1. The Hall–Kier alpha value is -3.16. The van der Waals surface area contributed by atoms with Crippen LogP contribution in [0.15, 0.2) is 39.5 Å².